The van der Waals surface area contributed by atoms with E-state index < -0.39 is 11.7 Å². The molecule has 0 spiro atoms. The highest BCUT2D eigenvalue weighted by Crippen LogP contribution is 2.10. The summed E-state index contributed by atoms with van der Waals surface area (Å²) in [4.78, 5) is 23.2. The van der Waals surface area contributed by atoms with Gasteiger partial charge in [-0.25, -0.2) is 4.79 Å². The third-order valence-corrected chi connectivity index (χ3v) is 2.79. The Morgan fingerprint density at radius 2 is 1.80 bits per heavy atom. The summed E-state index contributed by atoms with van der Waals surface area (Å²) in [7, 11) is 0. The lowest BCUT2D eigenvalue weighted by Crippen LogP contribution is -2.37. The van der Waals surface area contributed by atoms with Gasteiger partial charge in [0.2, 0.25) is 0 Å². The summed E-state index contributed by atoms with van der Waals surface area (Å²) < 4.78 is 5.16. The zero-order valence-electron chi connectivity index (χ0n) is 12.6. The number of benzene rings is 1. The number of rotatable bonds is 5. The molecule has 1 amide bonds. The van der Waals surface area contributed by atoms with Gasteiger partial charge in [0.05, 0.1) is 0 Å². The van der Waals surface area contributed by atoms with Crippen LogP contribution in [0, 0.1) is 5.92 Å². The van der Waals surface area contributed by atoms with Crippen molar-refractivity contribution in [1.29, 1.82) is 0 Å². The molecule has 0 aliphatic heterocycles. The molecule has 1 rings (SSSR count). The lowest BCUT2D eigenvalue weighted by molar-refractivity contribution is -0.120. The number of nitrogens with one attached hydrogen (secondary N) is 1. The van der Waals surface area contributed by atoms with E-state index in [1.54, 1.807) is 27.7 Å². The summed E-state index contributed by atoms with van der Waals surface area (Å²) in [5, 5.41) is 2.66. The standard InChI is InChI=1S/C16H23NO3/c1-12(18)14(10-13-8-6-5-7-9-13)11-17-15(19)20-16(2,3)4/h5-9,14H,10-11H2,1-4H3,(H,17,19). The van der Waals surface area contributed by atoms with E-state index >= 15 is 0 Å². The lowest BCUT2D eigenvalue weighted by Gasteiger charge is -2.21. The van der Waals surface area contributed by atoms with Crippen molar-refractivity contribution in [3.8, 4) is 0 Å². The Kier molecular flexibility index (Phi) is 5.74. The number of hydrogen-bond acceptors (Lipinski definition) is 3. The van der Waals surface area contributed by atoms with Crippen molar-refractivity contribution in [2.75, 3.05) is 6.54 Å². The second-order valence-corrected chi connectivity index (χ2v) is 5.88. The quantitative estimate of drug-likeness (QED) is 0.900. The van der Waals surface area contributed by atoms with E-state index in [9.17, 15) is 9.59 Å². The van der Waals surface area contributed by atoms with E-state index in [4.69, 9.17) is 4.74 Å². The van der Waals surface area contributed by atoms with E-state index in [1.165, 1.54) is 0 Å². The first-order valence-corrected chi connectivity index (χ1v) is 6.79. The van der Waals surface area contributed by atoms with E-state index in [0.717, 1.165) is 5.56 Å². The molecule has 1 aromatic rings. The Morgan fingerprint density at radius 3 is 2.30 bits per heavy atom. The van der Waals surface area contributed by atoms with Crippen LogP contribution in [0.4, 0.5) is 4.79 Å². The molecule has 1 aromatic carbocycles. The highest BCUT2D eigenvalue weighted by Gasteiger charge is 2.19. The fourth-order valence-corrected chi connectivity index (χ4v) is 1.78. The molecular formula is C16H23NO3. The van der Waals surface area contributed by atoms with E-state index in [1.807, 2.05) is 30.3 Å². The molecule has 0 aliphatic rings. The van der Waals surface area contributed by atoms with Crippen molar-refractivity contribution < 1.29 is 14.3 Å². The molecule has 4 nitrogen and oxygen atoms in total. The van der Waals surface area contributed by atoms with Crippen molar-refractivity contribution in [3.05, 3.63) is 35.9 Å². The zero-order chi connectivity index (χ0) is 15.2. The Labute approximate surface area is 120 Å². The highest BCUT2D eigenvalue weighted by molar-refractivity contribution is 5.79. The molecule has 0 aromatic heterocycles. The van der Waals surface area contributed by atoms with E-state index in [-0.39, 0.29) is 11.7 Å². The molecular weight excluding hydrogens is 254 g/mol. The van der Waals surface area contributed by atoms with E-state index in [2.05, 4.69) is 5.32 Å². The van der Waals surface area contributed by atoms with Crippen LogP contribution in [-0.4, -0.2) is 24.0 Å². The van der Waals surface area contributed by atoms with Crippen LogP contribution in [0.5, 0.6) is 0 Å². The van der Waals surface area contributed by atoms with Gasteiger partial charge in [0.1, 0.15) is 11.4 Å². The molecule has 0 radical (unpaired) electrons. The molecule has 0 heterocycles. The topological polar surface area (TPSA) is 55.4 Å². The zero-order valence-corrected chi connectivity index (χ0v) is 12.6. The fraction of sp³-hybridized carbons (Fsp3) is 0.500. The lowest BCUT2D eigenvalue weighted by atomic mass is 9.96. The summed E-state index contributed by atoms with van der Waals surface area (Å²) >= 11 is 0. The second-order valence-electron chi connectivity index (χ2n) is 5.88. The van der Waals surface area contributed by atoms with Crippen molar-refractivity contribution in [3.63, 3.8) is 0 Å². The van der Waals surface area contributed by atoms with Gasteiger partial charge in [0.25, 0.3) is 0 Å². The summed E-state index contributed by atoms with van der Waals surface area (Å²) in [6.45, 7) is 7.25. The first kappa shape index (κ1) is 16.2. The summed E-state index contributed by atoms with van der Waals surface area (Å²) in [6, 6.07) is 9.76. The van der Waals surface area contributed by atoms with Gasteiger partial charge in [-0.15, -0.1) is 0 Å². The largest absolute Gasteiger partial charge is 0.444 e. The van der Waals surface area contributed by atoms with Crippen molar-refractivity contribution in [2.45, 2.75) is 39.7 Å². The predicted molar refractivity (Wildman–Crippen MR) is 78.6 cm³/mol. The van der Waals surface area contributed by atoms with Gasteiger partial charge in [-0.2, -0.15) is 0 Å². The fourth-order valence-electron chi connectivity index (χ4n) is 1.78. The average Bonchev–Trinajstić information content (AvgIpc) is 2.33. The van der Waals surface area contributed by atoms with Crippen LogP contribution in [0.15, 0.2) is 30.3 Å². The number of alkyl carbamates (subject to hydrolysis) is 1. The van der Waals surface area contributed by atoms with Crippen LogP contribution >= 0.6 is 0 Å². The molecule has 0 saturated heterocycles. The van der Waals surface area contributed by atoms with Crippen molar-refractivity contribution in [1.82, 2.24) is 5.32 Å². The molecule has 1 N–H and O–H groups in total. The molecule has 0 bridgehead atoms. The van der Waals surface area contributed by atoms with Crippen molar-refractivity contribution >= 4 is 11.9 Å². The first-order valence-electron chi connectivity index (χ1n) is 6.79. The van der Waals surface area contributed by atoms with Gasteiger partial charge < -0.3 is 10.1 Å². The van der Waals surface area contributed by atoms with Gasteiger partial charge in [-0.1, -0.05) is 30.3 Å². The molecule has 20 heavy (non-hydrogen) atoms. The number of hydrogen-bond donors (Lipinski definition) is 1. The minimum atomic E-state index is -0.533. The van der Waals surface area contributed by atoms with Crippen LogP contribution in [0.25, 0.3) is 0 Å². The SMILES string of the molecule is CC(=O)C(CNC(=O)OC(C)(C)C)Cc1ccccc1. The highest BCUT2D eigenvalue weighted by atomic mass is 16.6. The van der Waals surface area contributed by atoms with Gasteiger partial charge in [-0.05, 0) is 39.7 Å². The number of ketones is 1. The predicted octanol–water partition coefficient (Wildman–Crippen LogP) is 2.96. The van der Waals surface area contributed by atoms with Gasteiger partial charge in [0.15, 0.2) is 0 Å². The van der Waals surface area contributed by atoms with Crippen LogP contribution in [0.3, 0.4) is 0 Å². The molecule has 1 atom stereocenters. The Hall–Kier alpha value is -1.84. The second kappa shape index (κ2) is 7.08. The van der Waals surface area contributed by atoms with Crippen LogP contribution in [-0.2, 0) is 16.0 Å². The molecule has 1 unspecified atom stereocenters. The Balaban J connectivity index is 2.52. The van der Waals surface area contributed by atoms with Crippen LogP contribution in [0.1, 0.15) is 33.3 Å². The smallest absolute Gasteiger partial charge is 0.407 e. The third kappa shape index (κ3) is 6.36. The monoisotopic (exact) mass is 277 g/mol. The number of carbonyl (C=O) groups excluding carboxylic acids is 2. The molecule has 0 fully saturated rings. The Morgan fingerprint density at radius 1 is 1.20 bits per heavy atom. The average molecular weight is 277 g/mol. The van der Waals surface area contributed by atoms with Crippen LogP contribution in [0.2, 0.25) is 0 Å². The minimum Gasteiger partial charge on any atom is -0.444 e. The summed E-state index contributed by atoms with van der Waals surface area (Å²) in [6.07, 6.45) is 0.128. The number of amides is 1. The first-order chi connectivity index (χ1) is 9.28. The van der Waals surface area contributed by atoms with Gasteiger partial charge in [-0.3, -0.25) is 4.79 Å². The molecule has 4 heteroatoms. The number of Topliss-reactive ketones (excluding diaryl/α,β-unsaturated/α-hetero) is 1. The van der Waals surface area contributed by atoms with Crippen molar-refractivity contribution in [2.24, 2.45) is 5.92 Å². The number of ether oxygens (including phenoxy) is 1. The molecule has 0 aliphatic carbocycles. The van der Waals surface area contributed by atoms with Gasteiger partial charge >= 0.3 is 6.09 Å². The van der Waals surface area contributed by atoms with E-state index in [0.29, 0.717) is 13.0 Å². The third-order valence-electron chi connectivity index (χ3n) is 2.79. The van der Waals surface area contributed by atoms with Gasteiger partial charge in [0, 0.05) is 12.5 Å². The normalized spacial score (nSPS) is 12.6. The van der Waals surface area contributed by atoms with Crippen LogP contribution < -0.4 is 5.32 Å². The minimum absolute atomic E-state index is 0.0601. The molecule has 110 valence electrons. The molecule has 0 saturated carbocycles. The summed E-state index contributed by atoms with van der Waals surface area (Å²) in [5.41, 5.74) is 0.550. The maximum Gasteiger partial charge on any atom is 0.407 e. The maximum atomic E-state index is 11.7. The number of carbonyl (C=O) groups is 2. The summed E-state index contributed by atoms with van der Waals surface area (Å²) in [5.74, 6) is -0.171. The maximum absolute atomic E-state index is 11.7. The Bertz CT molecular complexity index is 449.